The number of carbonyl (C=O) groups excluding carboxylic acids is 2. The fourth-order valence-electron chi connectivity index (χ4n) is 3.60. The second-order valence-corrected chi connectivity index (χ2v) is 10.8. The van der Waals surface area contributed by atoms with E-state index in [1.165, 1.54) is 33.7 Å². The standard InChI is InChI=1S/C23H21FN2O5S2/c24-18-8-6-17(7-9-18)22-25-20(14-32-22)23(28)31-13-21(27)26(12-16-4-2-1-3-5-16)19-10-11-33(29,30)15-19/h1-9,14,19H,10-13,15H2/t19-/m0/s1. The normalized spacial score (nSPS) is 16.9. The first kappa shape index (κ1) is 23.1. The van der Waals surface area contributed by atoms with Crippen molar-refractivity contribution < 1.29 is 27.1 Å². The number of thiazole rings is 1. The summed E-state index contributed by atoms with van der Waals surface area (Å²) >= 11 is 1.20. The van der Waals surface area contributed by atoms with Gasteiger partial charge in [0.15, 0.2) is 22.1 Å². The van der Waals surface area contributed by atoms with E-state index in [1.807, 2.05) is 30.3 Å². The topological polar surface area (TPSA) is 93.6 Å². The van der Waals surface area contributed by atoms with Crippen LogP contribution in [0.2, 0.25) is 0 Å². The minimum absolute atomic E-state index is 0.0288. The molecule has 0 radical (unpaired) electrons. The number of esters is 1. The van der Waals surface area contributed by atoms with Crippen molar-refractivity contribution in [3.05, 3.63) is 77.1 Å². The molecule has 7 nitrogen and oxygen atoms in total. The molecule has 2 aromatic carbocycles. The number of amides is 1. The van der Waals surface area contributed by atoms with Crippen molar-refractivity contribution in [3.63, 3.8) is 0 Å². The Morgan fingerprint density at radius 2 is 1.85 bits per heavy atom. The average Bonchev–Trinajstić information content (AvgIpc) is 3.43. The largest absolute Gasteiger partial charge is 0.451 e. The van der Waals surface area contributed by atoms with E-state index >= 15 is 0 Å². The maximum atomic E-state index is 13.1. The lowest BCUT2D eigenvalue weighted by atomic mass is 10.1. The molecule has 1 fully saturated rings. The van der Waals surface area contributed by atoms with E-state index in [0.29, 0.717) is 17.0 Å². The summed E-state index contributed by atoms with van der Waals surface area (Å²) in [6.45, 7) is -0.297. The predicted octanol–water partition coefficient (Wildman–Crippen LogP) is 3.32. The summed E-state index contributed by atoms with van der Waals surface area (Å²) in [5.74, 6) is -1.67. The van der Waals surface area contributed by atoms with E-state index < -0.39 is 34.4 Å². The fraction of sp³-hybridized carbons (Fsp3) is 0.261. The zero-order valence-electron chi connectivity index (χ0n) is 17.5. The molecule has 1 aliphatic heterocycles. The molecule has 1 atom stereocenters. The molecule has 0 N–H and O–H groups in total. The van der Waals surface area contributed by atoms with Crippen LogP contribution in [0.15, 0.2) is 60.0 Å². The van der Waals surface area contributed by atoms with Gasteiger partial charge < -0.3 is 9.64 Å². The van der Waals surface area contributed by atoms with E-state index in [-0.39, 0.29) is 29.6 Å². The predicted molar refractivity (Wildman–Crippen MR) is 122 cm³/mol. The minimum atomic E-state index is -3.20. The van der Waals surface area contributed by atoms with E-state index in [2.05, 4.69) is 4.98 Å². The second-order valence-electron chi connectivity index (χ2n) is 7.69. The second kappa shape index (κ2) is 9.80. The number of halogens is 1. The molecule has 0 aliphatic carbocycles. The Hall–Kier alpha value is -3.11. The number of benzene rings is 2. The average molecular weight is 489 g/mol. The van der Waals surface area contributed by atoms with Crippen molar-refractivity contribution >= 4 is 33.1 Å². The van der Waals surface area contributed by atoms with E-state index in [1.54, 1.807) is 12.1 Å². The molecule has 2 heterocycles. The SMILES string of the molecule is O=C(OCC(=O)N(Cc1ccccc1)[C@H]1CCS(=O)(=O)C1)c1csc(-c2ccc(F)cc2)n1. The van der Waals surface area contributed by atoms with Crippen molar-refractivity contribution in [1.82, 2.24) is 9.88 Å². The van der Waals surface area contributed by atoms with Crippen LogP contribution in [0.3, 0.4) is 0 Å². The Balaban J connectivity index is 1.42. The highest BCUT2D eigenvalue weighted by molar-refractivity contribution is 7.91. The quantitative estimate of drug-likeness (QED) is 0.474. The molecule has 0 unspecified atom stereocenters. The lowest BCUT2D eigenvalue weighted by molar-refractivity contribution is -0.137. The van der Waals surface area contributed by atoms with Gasteiger partial charge in [-0.25, -0.2) is 22.6 Å². The van der Waals surface area contributed by atoms with Crippen LogP contribution in [0.5, 0.6) is 0 Å². The third-order valence-corrected chi connectivity index (χ3v) is 7.94. The number of ether oxygens (including phenoxy) is 1. The van der Waals surface area contributed by atoms with Crippen LogP contribution in [0.1, 0.15) is 22.5 Å². The Bertz CT molecular complexity index is 1240. The van der Waals surface area contributed by atoms with Crippen molar-refractivity contribution in [2.45, 2.75) is 19.0 Å². The van der Waals surface area contributed by atoms with Crippen LogP contribution >= 0.6 is 11.3 Å². The number of hydrogen-bond donors (Lipinski definition) is 0. The molecular formula is C23H21FN2O5S2. The zero-order valence-corrected chi connectivity index (χ0v) is 19.1. The van der Waals surface area contributed by atoms with Crippen LogP contribution in [0.25, 0.3) is 10.6 Å². The van der Waals surface area contributed by atoms with Gasteiger partial charge >= 0.3 is 5.97 Å². The van der Waals surface area contributed by atoms with Gasteiger partial charge in [-0.05, 0) is 36.2 Å². The Labute approximate surface area is 194 Å². The first-order chi connectivity index (χ1) is 15.8. The van der Waals surface area contributed by atoms with Gasteiger partial charge in [-0.2, -0.15) is 0 Å². The lowest BCUT2D eigenvalue weighted by Crippen LogP contribution is -2.42. The van der Waals surface area contributed by atoms with Gasteiger partial charge in [0.2, 0.25) is 0 Å². The van der Waals surface area contributed by atoms with Crippen LogP contribution in [0, 0.1) is 5.82 Å². The molecule has 4 rings (SSSR count). The van der Waals surface area contributed by atoms with Gasteiger partial charge in [0.25, 0.3) is 5.91 Å². The van der Waals surface area contributed by atoms with Crippen molar-refractivity contribution in [3.8, 4) is 10.6 Å². The van der Waals surface area contributed by atoms with Crippen LogP contribution in [-0.4, -0.2) is 54.3 Å². The summed E-state index contributed by atoms with van der Waals surface area (Å²) in [6, 6.07) is 14.5. The van der Waals surface area contributed by atoms with Gasteiger partial charge in [-0.15, -0.1) is 11.3 Å². The van der Waals surface area contributed by atoms with Gasteiger partial charge in [-0.3, -0.25) is 4.79 Å². The highest BCUT2D eigenvalue weighted by atomic mass is 32.2. The van der Waals surface area contributed by atoms with Gasteiger partial charge in [0, 0.05) is 23.5 Å². The number of nitrogens with zero attached hydrogens (tertiary/aromatic N) is 2. The molecular weight excluding hydrogens is 467 g/mol. The van der Waals surface area contributed by atoms with E-state index in [0.717, 1.165) is 5.56 Å². The number of hydrogen-bond acceptors (Lipinski definition) is 7. The maximum absolute atomic E-state index is 13.1. The summed E-state index contributed by atoms with van der Waals surface area (Å²) in [5, 5.41) is 2.03. The van der Waals surface area contributed by atoms with Crippen LogP contribution < -0.4 is 0 Å². The number of carbonyl (C=O) groups is 2. The molecule has 1 saturated heterocycles. The summed E-state index contributed by atoms with van der Waals surface area (Å²) in [4.78, 5) is 31.1. The molecule has 0 spiro atoms. The maximum Gasteiger partial charge on any atom is 0.358 e. The van der Waals surface area contributed by atoms with Gasteiger partial charge in [0.1, 0.15) is 10.8 Å². The molecule has 0 bridgehead atoms. The van der Waals surface area contributed by atoms with Crippen molar-refractivity contribution in [1.29, 1.82) is 0 Å². The molecule has 172 valence electrons. The number of rotatable bonds is 7. The third-order valence-electron chi connectivity index (χ3n) is 5.30. The van der Waals surface area contributed by atoms with Crippen molar-refractivity contribution in [2.75, 3.05) is 18.1 Å². The van der Waals surface area contributed by atoms with Gasteiger partial charge in [-0.1, -0.05) is 30.3 Å². The Kier molecular flexibility index (Phi) is 6.85. The monoisotopic (exact) mass is 488 g/mol. The minimum Gasteiger partial charge on any atom is -0.451 e. The smallest absolute Gasteiger partial charge is 0.358 e. The molecule has 1 amide bonds. The lowest BCUT2D eigenvalue weighted by Gasteiger charge is -2.28. The Morgan fingerprint density at radius 1 is 1.12 bits per heavy atom. The molecule has 33 heavy (non-hydrogen) atoms. The molecule has 0 saturated carbocycles. The molecule has 3 aromatic rings. The van der Waals surface area contributed by atoms with Crippen LogP contribution in [-0.2, 0) is 25.9 Å². The summed E-state index contributed by atoms with van der Waals surface area (Å²) in [7, 11) is -3.20. The summed E-state index contributed by atoms with van der Waals surface area (Å²) in [5.41, 5.74) is 1.56. The van der Waals surface area contributed by atoms with Crippen LogP contribution in [0.4, 0.5) is 4.39 Å². The van der Waals surface area contributed by atoms with E-state index in [4.69, 9.17) is 4.74 Å². The highest BCUT2D eigenvalue weighted by Gasteiger charge is 2.35. The molecule has 1 aromatic heterocycles. The van der Waals surface area contributed by atoms with Crippen molar-refractivity contribution in [2.24, 2.45) is 0 Å². The van der Waals surface area contributed by atoms with Gasteiger partial charge in [0.05, 0.1) is 11.5 Å². The number of sulfone groups is 1. The first-order valence-corrected chi connectivity index (χ1v) is 12.9. The number of aromatic nitrogens is 1. The zero-order chi connectivity index (χ0) is 23.4. The first-order valence-electron chi connectivity index (χ1n) is 10.2. The summed E-state index contributed by atoms with van der Waals surface area (Å²) in [6.07, 6.45) is 0.349. The fourth-order valence-corrected chi connectivity index (χ4v) is 6.13. The summed E-state index contributed by atoms with van der Waals surface area (Å²) < 4.78 is 42.2. The Morgan fingerprint density at radius 3 is 2.52 bits per heavy atom. The third kappa shape index (κ3) is 5.82. The van der Waals surface area contributed by atoms with E-state index in [9.17, 15) is 22.4 Å². The molecule has 1 aliphatic rings. The molecule has 10 heteroatoms. The highest BCUT2D eigenvalue weighted by Crippen LogP contribution is 2.24.